The van der Waals surface area contributed by atoms with Crippen LogP contribution in [0.1, 0.15) is 36.0 Å². The lowest BCUT2D eigenvalue weighted by atomic mass is 10.2. The Morgan fingerprint density at radius 2 is 2.00 bits per heavy atom. The second-order valence-electron chi connectivity index (χ2n) is 3.96. The standard InChI is InChI=1S/C14H16N2O4/c1-3-12-15-16-13(20-12)9-19-14-10(8-17)6-5-7-11(14)18-4-2/h5-8H,3-4,9H2,1-2H3. The van der Waals surface area contributed by atoms with Crippen LogP contribution in [0.3, 0.4) is 0 Å². The molecule has 2 rings (SSSR count). The summed E-state index contributed by atoms with van der Waals surface area (Å²) < 4.78 is 16.4. The van der Waals surface area contributed by atoms with E-state index in [9.17, 15) is 4.79 Å². The number of para-hydroxylation sites is 1. The van der Waals surface area contributed by atoms with E-state index < -0.39 is 0 Å². The van der Waals surface area contributed by atoms with Crippen LogP contribution in [0.5, 0.6) is 11.5 Å². The van der Waals surface area contributed by atoms with E-state index in [2.05, 4.69) is 10.2 Å². The van der Waals surface area contributed by atoms with E-state index in [0.717, 1.165) is 6.29 Å². The highest BCUT2D eigenvalue weighted by Crippen LogP contribution is 2.31. The fourth-order valence-electron chi connectivity index (χ4n) is 1.67. The maximum absolute atomic E-state index is 11.1. The molecule has 0 saturated heterocycles. The van der Waals surface area contributed by atoms with Gasteiger partial charge in [-0.25, -0.2) is 0 Å². The molecule has 0 amide bonds. The third-order valence-corrected chi connectivity index (χ3v) is 2.59. The van der Waals surface area contributed by atoms with Crippen molar-refractivity contribution in [3.63, 3.8) is 0 Å². The fraction of sp³-hybridized carbons (Fsp3) is 0.357. The minimum absolute atomic E-state index is 0.0952. The third-order valence-electron chi connectivity index (χ3n) is 2.59. The summed E-state index contributed by atoms with van der Waals surface area (Å²) in [5.74, 6) is 1.83. The van der Waals surface area contributed by atoms with Gasteiger partial charge in [0.25, 0.3) is 5.89 Å². The van der Waals surface area contributed by atoms with Crippen molar-refractivity contribution in [1.82, 2.24) is 10.2 Å². The van der Waals surface area contributed by atoms with Crippen LogP contribution < -0.4 is 9.47 Å². The number of ether oxygens (including phenoxy) is 2. The summed E-state index contributed by atoms with van der Waals surface area (Å²) in [5.41, 5.74) is 0.422. The molecule has 1 aromatic heterocycles. The number of rotatable bonds is 7. The minimum atomic E-state index is 0.0952. The van der Waals surface area contributed by atoms with Gasteiger partial charge in [0.15, 0.2) is 24.4 Å². The summed E-state index contributed by atoms with van der Waals surface area (Å²) in [6, 6.07) is 5.15. The molecule has 0 aliphatic carbocycles. The van der Waals surface area contributed by atoms with Crippen LogP contribution in [0.25, 0.3) is 0 Å². The van der Waals surface area contributed by atoms with E-state index in [1.165, 1.54) is 0 Å². The molecule has 0 saturated carbocycles. The van der Waals surface area contributed by atoms with Gasteiger partial charge in [-0.1, -0.05) is 13.0 Å². The number of nitrogens with zero attached hydrogens (tertiary/aromatic N) is 2. The van der Waals surface area contributed by atoms with E-state index in [1.807, 2.05) is 13.8 Å². The molecule has 2 aromatic rings. The summed E-state index contributed by atoms with van der Waals surface area (Å²) in [6.45, 7) is 4.37. The fourth-order valence-corrected chi connectivity index (χ4v) is 1.67. The van der Waals surface area contributed by atoms with Crippen LogP contribution in [0, 0.1) is 0 Å². The smallest absolute Gasteiger partial charge is 0.253 e. The van der Waals surface area contributed by atoms with Gasteiger partial charge < -0.3 is 13.9 Å². The highest BCUT2D eigenvalue weighted by molar-refractivity contribution is 5.81. The molecule has 6 nitrogen and oxygen atoms in total. The zero-order chi connectivity index (χ0) is 14.4. The molecule has 0 radical (unpaired) electrons. The largest absolute Gasteiger partial charge is 0.490 e. The highest BCUT2D eigenvalue weighted by atomic mass is 16.5. The molecule has 0 bridgehead atoms. The maximum atomic E-state index is 11.1. The molecule has 0 aliphatic rings. The maximum Gasteiger partial charge on any atom is 0.253 e. The van der Waals surface area contributed by atoms with Crippen LogP contribution in [0.15, 0.2) is 22.6 Å². The molecule has 1 heterocycles. The van der Waals surface area contributed by atoms with Crippen molar-refractivity contribution in [3.8, 4) is 11.5 Å². The van der Waals surface area contributed by atoms with Gasteiger partial charge in [0.05, 0.1) is 12.2 Å². The molecule has 106 valence electrons. The predicted octanol–water partition coefficient (Wildman–Crippen LogP) is 2.42. The summed E-state index contributed by atoms with van der Waals surface area (Å²) >= 11 is 0. The van der Waals surface area contributed by atoms with Crippen molar-refractivity contribution in [1.29, 1.82) is 0 Å². The van der Waals surface area contributed by atoms with Gasteiger partial charge >= 0.3 is 0 Å². The molecule has 0 spiro atoms. The Labute approximate surface area is 116 Å². The van der Waals surface area contributed by atoms with Crippen molar-refractivity contribution in [2.24, 2.45) is 0 Å². The molecule has 0 aliphatic heterocycles. The molecule has 6 heteroatoms. The first-order valence-electron chi connectivity index (χ1n) is 6.43. The third kappa shape index (κ3) is 3.14. The predicted molar refractivity (Wildman–Crippen MR) is 71.0 cm³/mol. The molecule has 0 fully saturated rings. The van der Waals surface area contributed by atoms with Crippen molar-refractivity contribution in [2.75, 3.05) is 6.61 Å². The Balaban J connectivity index is 2.16. The van der Waals surface area contributed by atoms with Crippen LogP contribution >= 0.6 is 0 Å². The van der Waals surface area contributed by atoms with E-state index in [1.54, 1.807) is 18.2 Å². The second-order valence-corrected chi connectivity index (χ2v) is 3.96. The Kier molecular flexibility index (Phi) is 4.70. The lowest BCUT2D eigenvalue weighted by Gasteiger charge is -2.12. The summed E-state index contributed by atoms with van der Waals surface area (Å²) in [4.78, 5) is 11.1. The first kappa shape index (κ1) is 14.0. The Bertz CT molecular complexity index is 580. The zero-order valence-corrected chi connectivity index (χ0v) is 11.5. The quantitative estimate of drug-likeness (QED) is 0.723. The lowest BCUT2D eigenvalue weighted by molar-refractivity contribution is 0.111. The summed E-state index contributed by atoms with van der Waals surface area (Å²) in [6.07, 6.45) is 1.39. The molecule has 20 heavy (non-hydrogen) atoms. The monoisotopic (exact) mass is 276 g/mol. The number of carbonyl (C=O) groups excluding carboxylic acids is 1. The van der Waals surface area contributed by atoms with Crippen LogP contribution in [-0.2, 0) is 13.0 Å². The van der Waals surface area contributed by atoms with Crippen LogP contribution in [0.4, 0.5) is 0 Å². The second kappa shape index (κ2) is 6.70. The highest BCUT2D eigenvalue weighted by Gasteiger charge is 2.12. The average molecular weight is 276 g/mol. The first-order chi connectivity index (χ1) is 9.78. The summed E-state index contributed by atoms with van der Waals surface area (Å²) in [5, 5.41) is 7.71. The van der Waals surface area contributed by atoms with E-state index in [-0.39, 0.29) is 6.61 Å². The first-order valence-corrected chi connectivity index (χ1v) is 6.43. The van der Waals surface area contributed by atoms with Gasteiger partial charge in [-0.05, 0) is 19.1 Å². The van der Waals surface area contributed by atoms with Gasteiger partial charge in [-0.2, -0.15) is 0 Å². The number of hydrogen-bond donors (Lipinski definition) is 0. The van der Waals surface area contributed by atoms with Gasteiger partial charge in [0.1, 0.15) is 0 Å². The lowest BCUT2D eigenvalue weighted by Crippen LogP contribution is -2.02. The van der Waals surface area contributed by atoms with Gasteiger partial charge in [0, 0.05) is 6.42 Å². The molecule has 0 N–H and O–H groups in total. The molecular formula is C14H16N2O4. The molecular weight excluding hydrogens is 260 g/mol. The van der Waals surface area contributed by atoms with E-state index in [0.29, 0.717) is 41.9 Å². The number of aldehydes is 1. The Morgan fingerprint density at radius 1 is 1.20 bits per heavy atom. The van der Waals surface area contributed by atoms with Crippen molar-refractivity contribution >= 4 is 6.29 Å². The number of hydrogen-bond acceptors (Lipinski definition) is 6. The minimum Gasteiger partial charge on any atom is -0.490 e. The number of carbonyl (C=O) groups is 1. The van der Waals surface area contributed by atoms with Gasteiger partial charge in [-0.3, -0.25) is 4.79 Å². The molecule has 0 unspecified atom stereocenters. The van der Waals surface area contributed by atoms with E-state index in [4.69, 9.17) is 13.9 Å². The van der Waals surface area contributed by atoms with Crippen molar-refractivity contribution in [2.45, 2.75) is 26.9 Å². The van der Waals surface area contributed by atoms with Crippen molar-refractivity contribution in [3.05, 3.63) is 35.5 Å². The SMILES string of the molecule is CCOc1cccc(C=O)c1OCc1nnc(CC)o1. The van der Waals surface area contributed by atoms with Gasteiger partial charge in [-0.15, -0.1) is 10.2 Å². The normalized spacial score (nSPS) is 10.3. The van der Waals surface area contributed by atoms with Crippen molar-refractivity contribution < 1.29 is 18.7 Å². The number of aryl methyl sites for hydroxylation is 1. The average Bonchev–Trinajstić information content (AvgIpc) is 2.94. The Hall–Kier alpha value is -2.37. The van der Waals surface area contributed by atoms with Gasteiger partial charge in [0.2, 0.25) is 5.89 Å². The number of aromatic nitrogens is 2. The summed E-state index contributed by atoms with van der Waals surface area (Å²) in [7, 11) is 0. The Morgan fingerprint density at radius 3 is 2.65 bits per heavy atom. The van der Waals surface area contributed by atoms with Crippen LogP contribution in [0.2, 0.25) is 0 Å². The topological polar surface area (TPSA) is 74.5 Å². The zero-order valence-electron chi connectivity index (χ0n) is 11.5. The van der Waals surface area contributed by atoms with Crippen LogP contribution in [-0.4, -0.2) is 23.1 Å². The van der Waals surface area contributed by atoms with E-state index >= 15 is 0 Å². The molecule has 1 aromatic carbocycles. The molecule has 0 atom stereocenters. The number of benzene rings is 1.